The first kappa shape index (κ1) is 14.9. The highest BCUT2D eigenvalue weighted by molar-refractivity contribution is 5.96. The summed E-state index contributed by atoms with van der Waals surface area (Å²) >= 11 is 0. The second kappa shape index (κ2) is 7.34. The van der Waals surface area contributed by atoms with Gasteiger partial charge in [-0.2, -0.15) is 0 Å². The Morgan fingerprint density at radius 1 is 1.37 bits per heavy atom. The van der Waals surface area contributed by atoms with E-state index in [0.717, 1.165) is 11.3 Å². The van der Waals surface area contributed by atoms with Gasteiger partial charge in [-0.1, -0.05) is 0 Å². The van der Waals surface area contributed by atoms with Gasteiger partial charge in [-0.25, -0.2) is 0 Å². The molecule has 0 saturated heterocycles. The highest BCUT2D eigenvalue weighted by Gasteiger charge is 2.08. The van der Waals surface area contributed by atoms with E-state index in [1.807, 2.05) is 6.92 Å². The molecule has 1 aromatic rings. The van der Waals surface area contributed by atoms with Gasteiger partial charge in [0.15, 0.2) is 0 Å². The number of carbonyl (C=O) groups is 2. The van der Waals surface area contributed by atoms with Crippen LogP contribution in [0.4, 0.5) is 5.69 Å². The molecule has 1 rings (SSSR count). The van der Waals surface area contributed by atoms with Gasteiger partial charge in [-0.3, -0.25) is 15.4 Å². The molecule has 0 bridgehead atoms. The molecule has 0 aromatic heterocycles. The van der Waals surface area contributed by atoms with Crippen LogP contribution in [0.5, 0.6) is 0 Å². The molecular weight excluding hydrogens is 248 g/mol. The molecule has 0 spiro atoms. The van der Waals surface area contributed by atoms with E-state index < -0.39 is 5.91 Å². The number of nitrogens with two attached hydrogens (primary N) is 2. The van der Waals surface area contributed by atoms with E-state index in [2.05, 4.69) is 10.7 Å². The molecule has 0 aliphatic heterocycles. The van der Waals surface area contributed by atoms with Gasteiger partial charge in [0.2, 0.25) is 5.91 Å². The van der Waals surface area contributed by atoms with Gasteiger partial charge < -0.3 is 21.2 Å². The molecule has 2 amide bonds. The summed E-state index contributed by atoms with van der Waals surface area (Å²) in [5, 5.41) is 2.68. The number of hydrogen-bond donors (Lipinski definition) is 4. The van der Waals surface area contributed by atoms with Gasteiger partial charge in [0.1, 0.15) is 6.61 Å². The van der Waals surface area contributed by atoms with Crippen molar-refractivity contribution in [2.24, 2.45) is 11.6 Å². The second-order valence-electron chi connectivity index (χ2n) is 3.95. The van der Waals surface area contributed by atoms with Crippen LogP contribution in [0, 0.1) is 6.92 Å². The van der Waals surface area contributed by atoms with Crippen molar-refractivity contribution < 1.29 is 14.3 Å². The van der Waals surface area contributed by atoms with Crippen LogP contribution in [0.1, 0.15) is 15.9 Å². The largest absolute Gasteiger partial charge is 0.370 e. The van der Waals surface area contributed by atoms with Crippen molar-refractivity contribution in [3.63, 3.8) is 0 Å². The number of carbonyl (C=O) groups excluding carboxylic acids is 2. The summed E-state index contributed by atoms with van der Waals surface area (Å²) in [6.45, 7) is 2.21. The maximum atomic E-state index is 11.9. The van der Waals surface area contributed by atoms with Crippen LogP contribution < -0.4 is 22.3 Å². The van der Waals surface area contributed by atoms with Crippen LogP contribution in [-0.4, -0.2) is 31.6 Å². The lowest BCUT2D eigenvalue weighted by molar-refractivity contribution is -0.122. The standard InChI is InChI=1S/C12H18N4O3/c1-8-6-9(16-14)2-3-10(8)12(18)15-4-5-19-7-11(13)17/h2-3,6,16H,4-5,7,14H2,1H3,(H2,13,17)(H,15,18). The minimum absolute atomic E-state index is 0.147. The molecule has 19 heavy (non-hydrogen) atoms. The van der Waals surface area contributed by atoms with Crippen LogP contribution in [0.2, 0.25) is 0 Å². The van der Waals surface area contributed by atoms with Crippen LogP contribution in [0.15, 0.2) is 18.2 Å². The SMILES string of the molecule is Cc1cc(NN)ccc1C(=O)NCCOCC(N)=O. The molecule has 0 atom stereocenters. The monoisotopic (exact) mass is 266 g/mol. The number of amides is 2. The Morgan fingerprint density at radius 2 is 2.11 bits per heavy atom. The van der Waals surface area contributed by atoms with Gasteiger partial charge in [0, 0.05) is 17.8 Å². The number of nitrogen functional groups attached to an aromatic ring is 1. The minimum atomic E-state index is -0.535. The van der Waals surface area contributed by atoms with Crippen molar-refractivity contribution >= 4 is 17.5 Å². The molecule has 7 heteroatoms. The van der Waals surface area contributed by atoms with Crippen molar-refractivity contribution in [2.45, 2.75) is 6.92 Å². The van der Waals surface area contributed by atoms with Crippen molar-refractivity contribution in [3.05, 3.63) is 29.3 Å². The quantitative estimate of drug-likeness (QED) is 0.302. The van der Waals surface area contributed by atoms with E-state index in [1.54, 1.807) is 18.2 Å². The van der Waals surface area contributed by atoms with Gasteiger partial charge in [0.25, 0.3) is 5.91 Å². The summed E-state index contributed by atoms with van der Waals surface area (Å²) in [4.78, 5) is 22.3. The van der Waals surface area contributed by atoms with Crippen LogP contribution in [0.25, 0.3) is 0 Å². The smallest absolute Gasteiger partial charge is 0.251 e. The number of ether oxygens (including phenoxy) is 1. The summed E-state index contributed by atoms with van der Waals surface area (Å²) in [7, 11) is 0. The summed E-state index contributed by atoms with van der Waals surface area (Å²) in [6.07, 6.45) is 0. The lowest BCUT2D eigenvalue weighted by atomic mass is 10.1. The predicted molar refractivity (Wildman–Crippen MR) is 71.3 cm³/mol. The molecule has 0 unspecified atom stereocenters. The number of anilines is 1. The topological polar surface area (TPSA) is 119 Å². The van der Waals surface area contributed by atoms with Crippen molar-refractivity contribution in [3.8, 4) is 0 Å². The Bertz CT molecular complexity index is 462. The zero-order valence-electron chi connectivity index (χ0n) is 10.7. The Hall–Kier alpha value is -2.12. The molecule has 0 aliphatic carbocycles. The molecule has 0 aliphatic rings. The molecule has 7 nitrogen and oxygen atoms in total. The third-order valence-corrected chi connectivity index (χ3v) is 2.41. The van der Waals surface area contributed by atoms with E-state index in [9.17, 15) is 9.59 Å². The molecule has 0 heterocycles. The molecule has 0 fully saturated rings. The van der Waals surface area contributed by atoms with E-state index in [1.165, 1.54) is 0 Å². The predicted octanol–water partition coefficient (Wildman–Crippen LogP) is -0.488. The van der Waals surface area contributed by atoms with E-state index >= 15 is 0 Å². The molecule has 6 N–H and O–H groups in total. The Labute approximate surface area is 111 Å². The summed E-state index contributed by atoms with van der Waals surface area (Å²) < 4.78 is 4.93. The number of hydrazine groups is 1. The van der Waals surface area contributed by atoms with Crippen molar-refractivity contribution in [2.75, 3.05) is 25.2 Å². The molecule has 104 valence electrons. The number of aryl methyl sites for hydroxylation is 1. The van der Waals surface area contributed by atoms with Gasteiger partial charge in [0.05, 0.1) is 6.61 Å². The van der Waals surface area contributed by atoms with Gasteiger partial charge in [-0.15, -0.1) is 0 Å². The van der Waals surface area contributed by atoms with E-state index in [-0.39, 0.29) is 19.1 Å². The summed E-state index contributed by atoms with van der Waals surface area (Å²) in [5.41, 5.74) is 9.52. The van der Waals surface area contributed by atoms with Crippen LogP contribution in [-0.2, 0) is 9.53 Å². The molecule has 1 aromatic carbocycles. The van der Waals surface area contributed by atoms with Gasteiger partial charge >= 0.3 is 0 Å². The maximum Gasteiger partial charge on any atom is 0.251 e. The third-order valence-electron chi connectivity index (χ3n) is 2.41. The van der Waals surface area contributed by atoms with Crippen molar-refractivity contribution in [1.82, 2.24) is 5.32 Å². The first-order chi connectivity index (χ1) is 9.04. The zero-order valence-corrected chi connectivity index (χ0v) is 10.7. The zero-order chi connectivity index (χ0) is 14.3. The third kappa shape index (κ3) is 4.94. The lowest BCUT2D eigenvalue weighted by Crippen LogP contribution is -2.29. The molecule has 0 radical (unpaired) electrons. The second-order valence-corrected chi connectivity index (χ2v) is 3.95. The summed E-state index contributed by atoms with van der Waals surface area (Å²) in [5.74, 6) is 4.54. The highest BCUT2D eigenvalue weighted by Crippen LogP contribution is 2.13. The molecular formula is C12H18N4O3. The number of hydrogen-bond acceptors (Lipinski definition) is 5. The normalized spacial score (nSPS) is 10.0. The fourth-order valence-corrected chi connectivity index (χ4v) is 1.51. The number of nitrogens with one attached hydrogen (secondary N) is 2. The average Bonchev–Trinajstić information content (AvgIpc) is 2.37. The summed E-state index contributed by atoms with van der Waals surface area (Å²) in [6, 6.07) is 5.17. The minimum Gasteiger partial charge on any atom is -0.370 e. The first-order valence-electron chi connectivity index (χ1n) is 5.76. The fraction of sp³-hybridized carbons (Fsp3) is 0.333. The Balaban J connectivity index is 2.43. The highest BCUT2D eigenvalue weighted by atomic mass is 16.5. The lowest BCUT2D eigenvalue weighted by Gasteiger charge is -2.09. The van der Waals surface area contributed by atoms with Crippen LogP contribution in [0.3, 0.4) is 0 Å². The maximum absolute atomic E-state index is 11.9. The average molecular weight is 266 g/mol. The van der Waals surface area contributed by atoms with Crippen molar-refractivity contribution in [1.29, 1.82) is 0 Å². The number of benzene rings is 1. The number of rotatable bonds is 7. The Kier molecular flexibility index (Phi) is 5.77. The van der Waals surface area contributed by atoms with Gasteiger partial charge in [-0.05, 0) is 30.7 Å². The van der Waals surface area contributed by atoms with Crippen LogP contribution >= 0.6 is 0 Å². The van der Waals surface area contributed by atoms with E-state index in [0.29, 0.717) is 12.1 Å². The molecule has 0 saturated carbocycles. The first-order valence-corrected chi connectivity index (χ1v) is 5.76. The van der Waals surface area contributed by atoms with E-state index in [4.69, 9.17) is 16.3 Å². The fourth-order valence-electron chi connectivity index (χ4n) is 1.51. The Morgan fingerprint density at radius 3 is 2.68 bits per heavy atom. The number of primary amides is 1.